The molecule has 0 aliphatic rings. The first-order valence-corrected chi connectivity index (χ1v) is 7.69. The molecule has 108 valence electrons. The smallest absolute Gasteiger partial charge is 0.142 e. The van der Waals surface area contributed by atoms with Gasteiger partial charge in [-0.25, -0.2) is 4.98 Å². The molecule has 0 atom stereocenters. The fourth-order valence-corrected chi connectivity index (χ4v) is 2.81. The number of hydrogen-bond acceptors (Lipinski definition) is 2. The Morgan fingerprint density at radius 3 is 2.52 bits per heavy atom. The van der Waals surface area contributed by atoms with Crippen LogP contribution in [-0.4, -0.2) is 14.5 Å². The molecule has 21 heavy (non-hydrogen) atoms. The Labute approximate surface area is 137 Å². The van der Waals surface area contributed by atoms with Gasteiger partial charge in [-0.1, -0.05) is 41.7 Å². The summed E-state index contributed by atoms with van der Waals surface area (Å²) in [5.41, 5.74) is 2.65. The fraction of sp³-hybridized carbons (Fsp3) is 0.200. The first-order valence-electron chi connectivity index (χ1n) is 6.56. The first-order chi connectivity index (χ1) is 10.1. The minimum atomic E-state index is 0.501. The summed E-state index contributed by atoms with van der Waals surface area (Å²) in [7, 11) is 0. The Morgan fingerprint density at radius 2 is 1.81 bits per heavy atom. The molecule has 0 bridgehead atoms. The van der Waals surface area contributed by atoms with Crippen LogP contribution in [0.3, 0.4) is 0 Å². The summed E-state index contributed by atoms with van der Waals surface area (Å²) in [5.74, 6) is 0.820. The second-order valence-corrected chi connectivity index (χ2v) is 5.98. The number of benzene rings is 1. The van der Waals surface area contributed by atoms with Gasteiger partial charge in [0.1, 0.15) is 5.82 Å². The molecule has 0 saturated heterocycles. The summed E-state index contributed by atoms with van der Waals surface area (Å²) < 4.78 is 2.12. The third-order valence-corrected chi connectivity index (χ3v) is 4.13. The van der Waals surface area contributed by atoms with Crippen LogP contribution in [0, 0.1) is 0 Å². The summed E-state index contributed by atoms with van der Waals surface area (Å²) in [4.78, 5) is 8.80. The van der Waals surface area contributed by atoms with E-state index in [1.54, 1.807) is 18.5 Å². The number of hydrogen-bond donors (Lipinski definition) is 0. The predicted octanol–water partition coefficient (Wildman–Crippen LogP) is 5.47. The van der Waals surface area contributed by atoms with Gasteiger partial charge in [-0.15, -0.1) is 0 Å². The first kappa shape index (κ1) is 14.6. The van der Waals surface area contributed by atoms with E-state index in [1.807, 2.05) is 12.1 Å². The molecule has 0 aliphatic carbocycles. The van der Waals surface area contributed by atoms with Gasteiger partial charge in [-0.05, 0) is 24.6 Å². The van der Waals surface area contributed by atoms with Crippen LogP contribution in [-0.2, 0) is 6.54 Å². The number of halogens is 3. The molecule has 2 aromatic heterocycles. The number of aromatic nitrogens is 3. The number of pyridine rings is 1. The highest BCUT2D eigenvalue weighted by atomic mass is 35.5. The molecule has 1 aromatic carbocycles. The van der Waals surface area contributed by atoms with Crippen LogP contribution < -0.4 is 0 Å². The van der Waals surface area contributed by atoms with E-state index in [0.717, 1.165) is 35.4 Å². The summed E-state index contributed by atoms with van der Waals surface area (Å²) in [6, 6.07) is 5.49. The summed E-state index contributed by atoms with van der Waals surface area (Å²) in [6.45, 7) is 2.94. The maximum atomic E-state index is 6.13. The molecule has 3 aromatic rings. The quantitative estimate of drug-likeness (QED) is 0.633. The molecular weight excluding hydrogens is 329 g/mol. The van der Waals surface area contributed by atoms with Crippen molar-refractivity contribution in [2.75, 3.05) is 0 Å². The van der Waals surface area contributed by atoms with E-state index >= 15 is 0 Å². The zero-order chi connectivity index (χ0) is 15.0. The average Bonchev–Trinajstić information content (AvgIpc) is 2.78. The van der Waals surface area contributed by atoms with E-state index in [9.17, 15) is 0 Å². The molecule has 0 aliphatic heterocycles. The Hall–Kier alpha value is -1.29. The van der Waals surface area contributed by atoms with Gasteiger partial charge in [0.15, 0.2) is 0 Å². The monoisotopic (exact) mass is 339 g/mol. The highest BCUT2D eigenvalue weighted by molar-refractivity contribution is 6.42. The van der Waals surface area contributed by atoms with Gasteiger partial charge in [-0.2, -0.15) is 0 Å². The van der Waals surface area contributed by atoms with Crippen LogP contribution in [0.1, 0.15) is 13.3 Å². The molecular formula is C15H12Cl3N3. The maximum Gasteiger partial charge on any atom is 0.142 e. The van der Waals surface area contributed by atoms with E-state index in [0.29, 0.717) is 15.1 Å². The Bertz CT molecular complexity index is 811. The van der Waals surface area contributed by atoms with Crippen LogP contribution in [0.2, 0.25) is 15.1 Å². The number of aryl methyl sites for hydroxylation is 1. The molecule has 0 N–H and O–H groups in total. The normalized spacial score (nSPS) is 11.2. The Balaban J connectivity index is 2.28. The Kier molecular flexibility index (Phi) is 4.07. The molecule has 0 unspecified atom stereocenters. The van der Waals surface area contributed by atoms with Gasteiger partial charge in [-0.3, -0.25) is 4.98 Å². The SMILES string of the molecule is CCCn1c(-c2cncc(Cl)c2)nc2cc(Cl)c(Cl)cc21. The van der Waals surface area contributed by atoms with E-state index in [2.05, 4.69) is 21.5 Å². The average molecular weight is 341 g/mol. The standard InChI is InChI=1S/C15H12Cl3N3/c1-2-3-21-14-6-12(18)11(17)5-13(14)20-15(21)9-4-10(16)8-19-7-9/h4-8H,2-3H2,1H3. The van der Waals surface area contributed by atoms with Crippen molar-refractivity contribution >= 4 is 45.8 Å². The molecule has 0 saturated carbocycles. The van der Waals surface area contributed by atoms with Crippen LogP contribution in [0.4, 0.5) is 0 Å². The highest BCUT2D eigenvalue weighted by Gasteiger charge is 2.14. The molecule has 0 spiro atoms. The number of imidazole rings is 1. The zero-order valence-corrected chi connectivity index (χ0v) is 13.5. The van der Waals surface area contributed by atoms with Gasteiger partial charge in [0, 0.05) is 24.5 Å². The molecule has 6 heteroatoms. The summed E-state index contributed by atoms with van der Waals surface area (Å²) >= 11 is 18.2. The largest absolute Gasteiger partial charge is 0.324 e. The van der Waals surface area contributed by atoms with Crippen molar-refractivity contribution in [1.82, 2.24) is 14.5 Å². The number of fused-ring (bicyclic) bond motifs is 1. The zero-order valence-electron chi connectivity index (χ0n) is 11.3. The van der Waals surface area contributed by atoms with Gasteiger partial charge in [0.25, 0.3) is 0 Å². The fourth-order valence-electron chi connectivity index (χ4n) is 2.32. The van der Waals surface area contributed by atoms with Crippen LogP contribution in [0.25, 0.3) is 22.4 Å². The molecule has 2 heterocycles. The lowest BCUT2D eigenvalue weighted by Gasteiger charge is -2.08. The minimum absolute atomic E-state index is 0.501. The van der Waals surface area contributed by atoms with Crippen molar-refractivity contribution in [2.45, 2.75) is 19.9 Å². The van der Waals surface area contributed by atoms with E-state index in [4.69, 9.17) is 34.8 Å². The lowest BCUT2D eigenvalue weighted by Crippen LogP contribution is -2.00. The van der Waals surface area contributed by atoms with Crippen LogP contribution in [0.5, 0.6) is 0 Å². The van der Waals surface area contributed by atoms with Crippen molar-refractivity contribution < 1.29 is 0 Å². The number of nitrogens with zero attached hydrogens (tertiary/aromatic N) is 3. The highest BCUT2D eigenvalue weighted by Crippen LogP contribution is 2.31. The number of rotatable bonds is 3. The van der Waals surface area contributed by atoms with Crippen molar-refractivity contribution in [1.29, 1.82) is 0 Å². The van der Waals surface area contributed by atoms with Crippen molar-refractivity contribution in [3.8, 4) is 11.4 Å². The molecule has 0 fully saturated rings. The topological polar surface area (TPSA) is 30.7 Å². The van der Waals surface area contributed by atoms with E-state index < -0.39 is 0 Å². The minimum Gasteiger partial charge on any atom is -0.324 e. The lowest BCUT2D eigenvalue weighted by atomic mass is 10.2. The lowest BCUT2D eigenvalue weighted by molar-refractivity contribution is 0.704. The molecule has 3 rings (SSSR count). The molecule has 0 radical (unpaired) electrons. The van der Waals surface area contributed by atoms with Crippen molar-refractivity contribution in [3.05, 3.63) is 45.7 Å². The maximum absolute atomic E-state index is 6.13. The third-order valence-electron chi connectivity index (χ3n) is 3.20. The predicted molar refractivity (Wildman–Crippen MR) is 88.3 cm³/mol. The molecule has 0 amide bonds. The van der Waals surface area contributed by atoms with E-state index in [1.165, 1.54) is 0 Å². The van der Waals surface area contributed by atoms with Crippen LogP contribution in [0.15, 0.2) is 30.6 Å². The second-order valence-electron chi connectivity index (χ2n) is 4.73. The van der Waals surface area contributed by atoms with Crippen LogP contribution >= 0.6 is 34.8 Å². The van der Waals surface area contributed by atoms with Gasteiger partial charge >= 0.3 is 0 Å². The third kappa shape index (κ3) is 2.73. The van der Waals surface area contributed by atoms with Crippen molar-refractivity contribution in [3.63, 3.8) is 0 Å². The molecule has 3 nitrogen and oxygen atoms in total. The summed E-state index contributed by atoms with van der Waals surface area (Å²) in [5, 5.41) is 1.61. The summed E-state index contributed by atoms with van der Waals surface area (Å²) in [6.07, 6.45) is 4.33. The second kappa shape index (κ2) is 5.84. The van der Waals surface area contributed by atoms with Crippen molar-refractivity contribution in [2.24, 2.45) is 0 Å². The Morgan fingerprint density at radius 1 is 1.05 bits per heavy atom. The van der Waals surface area contributed by atoms with Gasteiger partial charge in [0.2, 0.25) is 0 Å². The van der Waals surface area contributed by atoms with Gasteiger partial charge < -0.3 is 4.57 Å². The van der Waals surface area contributed by atoms with Gasteiger partial charge in [0.05, 0.1) is 26.1 Å². The van der Waals surface area contributed by atoms with E-state index in [-0.39, 0.29) is 0 Å².